The van der Waals surface area contributed by atoms with Gasteiger partial charge in [0.2, 0.25) is 11.6 Å². The fourth-order valence-electron chi connectivity index (χ4n) is 0.989. The summed E-state index contributed by atoms with van der Waals surface area (Å²) in [5.41, 5.74) is 2.18. The number of rotatable bonds is 2. The van der Waals surface area contributed by atoms with Gasteiger partial charge in [-0.3, -0.25) is 4.79 Å². The summed E-state index contributed by atoms with van der Waals surface area (Å²) in [6.07, 6.45) is 0. The Morgan fingerprint density at radius 3 is 2.62 bits per heavy atom. The van der Waals surface area contributed by atoms with Gasteiger partial charge in [0.15, 0.2) is 0 Å². The van der Waals surface area contributed by atoms with Gasteiger partial charge in [-0.05, 0) is 11.5 Å². The van der Waals surface area contributed by atoms with Gasteiger partial charge >= 0.3 is 0 Å². The molecule has 0 bridgehead atoms. The highest BCUT2D eigenvalue weighted by atomic mass is 32.1. The molecule has 2 rings (SSSR count). The fourth-order valence-corrected chi connectivity index (χ4v) is 1.41. The Labute approximate surface area is 79.2 Å². The fraction of sp³-hybridized carbons (Fsp3) is 0. The van der Waals surface area contributed by atoms with Gasteiger partial charge in [0.05, 0.1) is 0 Å². The Balaban J connectivity index is 2.34. The first-order chi connectivity index (χ1) is 6.38. The van der Waals surface area contributed by atoms with Crippen molar-refractivity contribution in [2.75, 3.05) is 0 Å². The summed E-state index contributed by atoms with van der Waals surface area (Å²) in [4.78, 5) is 15.4. The summed E-state index contributed by atoms with van der Waals surface area (Å²) in [5.74, 6) is 0.151. The predicted octanol–water partition coefficient (Wildman–Crippen LogP) is 1.77. The van der Waals surface area contributed by atoms with Crippen molar-refractivity contribution < 1.29 is 4.79 Å². The van der Waals surface area contributed by atoms with Crippen LogP contribution in [0.4, 0.5) is 0 Å². The van der Waals surface area contributed by atoms with E-state index in [1.54, 1.807) is 17.6 Å². The van der Waals surface area contributed by atoms with E-state index in [0.29, 0.717) is 5.56 Å². The third-order valence-electron chi connectivity index (χ3n) is 1.60. The highest BCUT2D eigenvalue weighted by Gasteiger charge is 2.11. The molecule has 0 aliphatic rings. The molecule has 0 aliphatic carbocycles. The summed E-state index contributed by atoms with van der Waals surface area (Å²) in [6, 6.07) is 9.01. The maximum atomic E-state index is 11.6. The van der Waals surface area contributed by atoms with Crippen molar-refractivity contribution in [1.82, 2.24) is 9.36 Å². The van der Waals surface area contributed by atoms with Crippen LogP contribution < -0.4 is 0 Å². The van der Waals surface area contributed by atoms with Crippen molar-refractivity contribution in [3.63, 3.8) is 0 Å². The van der Waals surface area contributed by atoms with Crippen LogP contribution in [0.2, 0.25) is 0 Å². The highest BCUT2D eigenvalue weighted by molar-refractivity contribution is 7.03. The van der Waals surface area contributed by atoms with Crippen LogP contribution in [0.25, 0.3) is 0 Å². The number of benzene rings is 1. The Bertz CT molecular complexity index is 397. The molecule has 4 heteroatoms. The van der Waals surface area contributed by atoms with Crippen LogP contribution in [0.3, 0.4) is 0 Å². The van der Waals surface area contributed by atoms with Crippen LogP contribution >= 0.6 is 11.5 Å². The van der Waals surface area contributed by atoms with Gasteiger partial charge in [-0.2, -0.15) is 4.37 Å². The first-order valence-corrected chi connectivity index (χ1v) is 4.58. The van der Waals surface area contributed by atoms with Crippen molar-refractivity contribution in [3.05, 3.63) is 47.2 Å². The minimum Gasteiger partial charge on any atom is -0.285 e. The highest BCUT2D eigenvalue weighted by Crippen LogP contribution is 2.05. The normalized spacial score (nSPS) is 9.85. The van der Waals surface area contributed by atoms with Crippen molar-refractivity contribution in [1.29, 1.82) is 0 Å². The number of carbonyl (C=O) groups excluding carboxylic acids is 1. The number of hydrogen-bond donors (Lipinski definition) is 0. The number of nitrogens with zero attached hydrogens (tertiary/aromatic N) is 2. The van der Waals surface area contributed by atoms with E-state index in [1.165, 1.54) is 11.5 Å². The SMILES string of the molecule is O=C(c1ccccc1)c1ncsn1. The van der Waals surface area contributed by atoms with E-state index in [9.17, 15) is 4.79 Å². The van der Waals surface area contributed by atoms with E-state index in [-0.39, 0.29) is 11.6 Å². The summed E-state index contributed by atoms with van der Waals surface area (Å²) in [5, 5.41) is 0. The largest absolute Gasteiger partial charge is 0.285 e. The lowest BCUT2D eigenvalue weighted by Crippen LogP contribution is -2.02. The van der Waals surface area contributed by atoms with Gasteiger partial charge in [-0.1, -0.05) is 30.3 Å². The first kappa shape index (κ1) is 8.07. The van der Waals surface area contributed by atoms with Crippen molar-refractivity contribution >= 4 is 17.3 Å². The third-order valence-corrected chi connectivity index (χ3v) is 2.08. The van der Waals surface area contributed by atoms with Gasteiger partial charge in [-0.15, -0.1) is 0 Å². The zero-order valence-electron chi connectivity index (χ0n) is 6.68. The molecule has 0 unspecified atom stereocenters. The Kier molecular flexibility index (Phi) is 2.14. The molecule has 13 heavy (non-hydrogen) atoms. The van der Waals surface area contributed by atoms with Crippen LogP contribution in [0, 0.1) is 0 Å². The average molecular weight is 190 g/mol. The van der Waals surface area contributed by atoms with Gasteiger partial charge in [-0.25, -0.2) is 4.98 Å². The molecule has 0 saturated carbocycles. The zero-order chi connectivity index (χ0) is 9.10. The minimum absolute atomic E-state index is 0.123. The third kappa shape index (κ3) is 1.62. The van der Waals surface area contributed by atoms with Crippen LogP contribution in [0.1, 0.15) is 16.2 Å². The molecular formula is C9H6N2OS. The zero-order valence-corrected chi connectivity index (χ0v) is 7.49. The molecule has 0 N–H and O–H groups in total. The minimum atomic E-state index is -0.123. The molecule has 1 aromatic heterocycles. The molecule has 2 aromatic rings. The Hall–Kier alpha value is -1.55. The van der Waals surface area contributed by atoms with Gasteiger partial charge < -0.3 is 0 Å². The average Bonchev–Trinajstić information content (AvgIpc) is 2.71. The Morgan fingerprint density at radius 1 is 1.23 bits per heavy atom. The summed E-state index contributed by atoms with van der Waals surface area (Å²) >= 11 is 1.18. The maximum absolute atomic E-state index is 11.6. The topological polar surface area (TPSA) is 42.9 Å². The van der Waals surface area contributed by atoms with E-state index >= 15 is 0 Å². The lowest BCUT2D eigenvalue weighted by molar-refractivity contribution is 0.103. The van der Waals surface area contributed by atoms with Crippen molar-refractivity contribution in [2.45, 2.75) is 0 Å². The quantitative estimate of drug-likeness (QED) is 0.678. The first-order valence-electron chi connectivity index (χ1n) is 3.74. The summed E-state index contributed by atoms with van der Waals surface area (Å²) in [6.45, 7) is 0. The van der Waals surface area contributed by atoms with Crippen LogP contribution in [-0.2, 0) is 0 Å². The second kappa shape index (κ2) is 3.45. The van der Waals surface area contributed by atoms with Crippen LogP contribution in [0.15, 0.2) is 35.8 Å². The lowest BCUT2D eigenvalue weighted by Gasteiger charge is -1.93. The standard InChI is InChI=1S/C9H6N2OS/c12-8(9-10-6-13-11-9)7-4-2-1-3-5-7/h1-6H. The van der Waals surface area contributed by atoms with Crippen molar-refractivity contribution in [2.24, 2.45) is 0 Å². The number of carbonyl (C=O) groups is 1. The van der Waals surface area contributed by atoms with E-state index in [0.717, 1.165) is 0 Å². The van der Waals surface area contributed by atoms with Crippen LogP contribution in [-0.4, -0.2) is 15.1 Å². The molecule has 0 spiro atoms. The molecule has 0 aliphatic heterocycles. The van der Waals surface area contributed by atoms with Gasteiger partial charge in [0.1, 0.15) is 5.51 Å². The van der Waals surface area contributed by atoms with E-state index in [2.05, 4.69) is 9.36 Å². The van der Waals surface area contributed by atoms with Gasteiger partial charge in [0, 0.05) is 5.56 Å². The lowest BCUT2D eigenvalue weighted by atomic mass is 10.1. The predicted molar refractivity (Wildman–Crippen MR) is 49.8 cm³/mol. The van der Waals surface area contributed by atoms with Gasteiger partial charge in [0.25, 0.3) is 0 Å². The second-order valence-electron chi connectivity index (χ2n) is 2.45. The molecular weight excluding hydrogens is 184 g/mol. The van der Waals surface area contributed by atoms with Crippen molar-refractivity contribution in [3.8, 4) is 0 Å². The van der Waals surface area contributed by atoms with E-state index < -0.39 is 0 Å². The second-order valence-corrected chi connectivity index (χ2v) is 3.05. The monoisotopic (exact) mass is 190 g/mol. The number of hydrogen-bond acceptors (Lipinski definition) is 4. The molecule has 1 heterocycles. The van der Waals surface area contributed by atoms with Crippen LogP contribution in [0.5, 0.6) is 0 Å². The molecule has 0 fully saturated rings. The smallest absolute Gasteiger partial charge is 0.231 e. The van der Waals surface area contributed by atoms with E-state index in [1.807, 2.05) is 18.2 Å². The van der Waals surface area contributed by atoms with E-state index in [4.69, 9.17) is 0 Å². The number of aromatic nitrogens is 2. The Morgan fingerprint density at radius 2 is 2.00 bits per heavy atom. The summed E-state index contributed by atoms with van der Waals surface area (Å²) in [7, 11) is 0. The molecule has 0 saturated heterocycles. The molecule has 0 radical (unpaired) electrons. The summed E-state index contributed by atoms with van der Waals surface area (Å²) < 4.78 is 3.87. The molecule has 3 nitrogen and oxygen atoms in total. The maximum Gasteiger partial charge on any atom is 0.231 e. The number of ketones is 1. The molecule has 0 atom stereocenters. The molecule has 64 valence electrons. The molecule has 0 amide bonds. The molecule has 1 aromatic carbocycles.